The number of hydrogen-bond acceptors (Lipinski definition) is 4. The van der Waals surface area contributed by atoms with Gasteiger partial charge in [-0.25, -0.2) is 0 Å². The van der Waals surface area contributed by atoms with Gasteiger partial charge < -0.3 is 15.3 Å². The molecule has 15 heavy (non-hydrogen) atoms. The Morgan fingerprint density at radius 3 is 2.87 bits per heavy atom. The van der Waals surface area contributed by atoms with Crippen LogP contribution in [0.25, 0.3) is 0 Å². The number of nitrogens with one attached hydrogen (secondary N) is 1. The van der Waals surface area contributed by atoms with Crippen molar-refractivity contribution in [1.29, 1.82) is 0 Å². The first-order valence-electron chi connectivity index (χ1n) is 5.09. The van der Waals surface area contributed by atoms with Crippen molar-refractivity contribution in [1.82, 2.24) is 10.3 Å². The summed E-state index contributed by atoms with van der Waals surface area (Å²) < 4.78 is 0. The lowest BCUT2D eigenvalue weighted by atomic mass is 10.2. The molecule has 0 aliphatic carbocycles. The van der Waals surface area contributed by atoms with Crippen molar-refractivity contribution < 1.29 is 5.11 Å². The van der Waals surface area contributed by atoms with Crippen molar-refractivity contribution in [2.45, 2.75) is 19.5 Å². The highest BCUT2D eigenvalue weighted by Gasteiger charge is 2.05. The average molecular weight is 209 g/mol. The molecule has 1 rings (SSSR count). The zero-order valence-corrected chi connectivity index (χ0v) is 9.57. The molecule has 4 heteroatoms. The van der Waals surface area contributed by atoms with Crippen LogP contribution in [0.15, 0.2) is 18.5 Å². The van der Waals surface area contributed by atoms with E-state index < -0.39 is 0 Å². The molecule has 0 aliphatic heterocycles. The summed E-state index contributed by atoms with van der Waals surface area (Å²) >= 11 is 0. The summed E-state index contributed by atoms with van der Waals surface area (Å²) in [4.78, 5) is 6.16. The third kappa shape index (κ3) is 3.49. The van der Waals surface area contributed by atoms with Gasteiger partial charge in [0.05, 0.1) is 6.61 Å². The van der Waals surface area contributed by atoms with Gasteiger partial charge in [-0.1, -0.05) is 0 Å². The highest BCUT2D eigenvalue weighted by Crippen LogP contribution is 2.16. The monoisotopic (exact) mass is 209 g/mol. The summed E-state index contributed by atoms with van der Waals surface area (Å²) in [5, 5.41) is 12.1. The molecule has 0 unspecified atom stereocenters. The standard InChI is InChI=1S/C11H19N3O/c1-9(8-15)13-7-10-6-12-5-4-11(10)14(2)3/h4-6,9,13,15H,7-8H2,1-3H3/t9-/m1/s1. The van der Waals surface area contributed by atoms with Gasteiger partial charge in [0.25, 0.3) is 0 Å². The van der Waals surface area contributed by atoms with Crippen LogP contribution in [0.2, 0.25) is 0 Å². The summed E-state index contributed by atoms with van der Waals surface area (Å²) in [5.74, 6) is 0. The Kier molecular flexibility index (Phi) is 4.52. The molecule has 84 valence electrons. The molecule has 1 aromatic heterocycles. The fourth-order valence-electron chi connectivity index (χ4n) is 1.34. The smallest absolute Gasteiger partial charge is 0.0582 e. The van der Waals surface area contributed by atoms with E-state index in [0.29, 0.717) is 0 Å². The van der Waals surface area contributed by atoms with E-state index in [1.165, 1.54) is 0 Å². The SMILES string of the molecule is C[C@H](CO)NCc1cnccc1N(C)C. The number of hydrogen-bond donors (Lipinski definition) is 2. The van der Waals surface area contributed by atoms with Gasteiger partial charge in [-0.2, -0.15) is 0 Å². The molecule has 0 saturated carbocycles. The summed E-state index contributed by atoms with van der Waals surface area (Å²) in [7, 11) is 4.02. The van der Waals surface area contributed by atoms with Crippen LogP contribution in [0.3, 0.4) is 0 Å². The Morgan fingerprint density at radius 1 is 1.53 bits per heavy atom. The zero-order chi connectivity index (χ0) is 11.3. The molecule has 2 N–H and O–H groups in total. The summed E-state index contributed by atoms with van der Waals surface area (Å²) in [5.41, 5.74) is 2.30. The first kappa shape index (κ1) is 11.9. The third-order valence-electron chi connectivity index (χ3n) is 2.27. The highest BCUT2D eigenvalue weighted by molar-refractivity contribution is 5.50. The lowest BCUT2D eigenvalue weighted by Crippen LogP contribution is -2.29. The average Bonchev–Trinajstić information content (AvgIpc) is 2.26. The molecule has 1 heterocycles. The van der Waals surface area contributed by atoms with Crippen molar-refractivity contribution in [2.75, 3.05) is 25.6 Å². The maximum Gasteiger partial charge on any atom is 0.0582 e. The number of aromatic nitrogens is 1. The number of aliphatic hydroxyl groups is 1. The van der Waals surface area contributed by atoms with Crippen molar-refractivity contribution in [2.24, 2.45) is 0 Å². The van der Waals surface area contributed by atoms with Gasteiger partial charge in [0.15, 0.2) is 0 Å². The van der Waals surface area contributed by atoms with Crippen molar-refractivity contribution in [3.05, 3.63) is 24.0 Å². The normalized spacial score (nSPS) is 12.5. The van der Waals surface area contributed by atoms with E-state index in [4.69, 9.17) is 5.11 Å². The Hall–Kier alpha value is -1.13. The van der Waals surface area contributed by atoms with Crippen molar-refractivity contribution >= 4 is 5.69 Å². The fourth-order valence-corrected chi connectivity index (χ4v) is 1.34. The molecule has 0 bridgehead atoms. The number of pyridine rings is 1. The first-order chi connectivity index (χ1) is 7.15. The minimum atomic E-state index is 0.111. The summed E-state index contributed by atoms with van der Waals surface area (Å²) in [6.07, 6.45) is 3.64. The lowest BCUT2D eigenvalue weighted by Gasteiger charge is -2.18. The second-order valence-corrected chi connectivity index (χ2v) is 3.86. The molecule has 0 aromatic carbocycles. The van der Waals surface area contributed by atoms with E-state index in [9.17, 15) is 0 Å². The van der Waals surface area contributed by atoms with Crippen LogP contribution in [0.4, 0.5) is 5.69 Å². The second kappa shape index (κ2) is 5.68. The van der Waals surface area contributed by atoms with Gasteiger partial charge in [0.2, 0.25) is 0 Å². The van der Waals surface area contributed by atoms with E-state index in [2.05, 4.69) is 15.2 Å². The van der Waals surface area contributed by atoms with Gasteiger partial charge >= 0.3 is 0 Å². The Balaban J connectivity index is 2.67. The van der Waals surface area contributed by atoms with Crippen LogP contribution in [0.1, 0.15) is 12.5 Å². The number of nitrogens with zero attached hydrogens (tertiary/aromatic N) is 2. The van der Waals surface area contributed by atoms with E-state index in [1.807, 2.05) is 33.3 Å². The van der Waals surface area contributed by atoms with E-state index in [-0.39, 0.29) is 12.6 Å². The molecule has 0 amide bonds. The molecule has 0 radical (unpaired) electrons. The maximum absolute atomic E-state index is 8.90. The van der Waals surface area contributed by atoms with Crippen LogP contribution >= 0.6 is 0 Å². The molecule has 0 aliphatic rings. The quantitative estimate of drug-likeness (QED) is 0.746. The zero-order valence-electron chi connectivity index (χ0n) is 9.57. The molecular weight excluding hydrogens is 190 g/mol. The van der Waals surface area contributed by atoms with Gasteiger partial charge in [-0.05, 0) is 13.0 Å². The Labute approximate surface area is 90.9 Å². The van der Waals surface area contributed by atoms with Crippen LogP contribution in [0.5, 0.6) is 0 Å². The highest BCUT2D eigenvalue weighted by atomic mass is 16.3. The van der Waals surface area contributed by atoms with Crippen LogP contribution in [-0.4, -0.2) is 36.8 Å². The summed E-state index contributed by atoms with van der Waals surface area (Å²) in [6, 6.07) is 2.10. The van der Waals surface area contributed by atoms with E-state index in [0.717, 1.165) is 17.8 Å². The van der Waals surface area contributed by atoms with Crippen LogP contribution in [-0.2, 0) is 6.54 Å². The predicted octanol–water partition coefficient (Wildman–Crippen LogP) is 0.618. The minimum Gasteiger partial charge on any atom is -0.395 e. The minimum absolute atomic E-state index is 0.111. The van der Waals surface area contributed by atoms with Crippen molar-refractivity contribution in [3.63, 3.8) is 0 Å². The van der Waals surface area contributed by atoms with E-state index in [1.54, 1.807) is 6.20 Å². The number of aliphatic hydroxyl groups excluding tert-OH is 1. The molecule has 4 nitrogen and oxygen atoms in total. The van der Waals surface area contributed by atoms with Gasteiger partial charge in [0.1, 0.15) is 0 Å². The summed E-state index contributed by atoms with van der Waals surface area (Å²) in [6.45, 7) is 2.83. The Morgan fingerprint density at radius 2 is 2.27 bits per heavy atom. The predicted molar refractivity (Wildman–Crippen MR) is 62.0 cm³/mol. The fraction of sp³-hybridized carbons (Fsp3) is 0.545. The first-order valence-corrected chi connectivity index (χ1v) is 5.09. The lowest BCUT2D eigenvalue weighted by molar-refractivity contribution is 0.251. The van der Waals surface area contributed by atoms with Gasteiger partial charge in [-0.15, -0.1) is 0 Å². The molecule has 0 saturated heterocycles. The largest absolute Gasteiger partial charge is 0.395 e. The molecule has 1 aromatic rings. The van der Waals surface area contributed by atoms with Gasteiger partial charge in [-0.3, -0.25) is 4.98 Å². The van der Waals surface area contributed by atoms with Crippen LogP contribution in [0, 0.1) is 0 Å². The topological polar surface area (TPSA) is 48.4 Å². The third-order valence-corrected chi connectivity index (χ3v) is 2.27. The van der Waals surface area contributed by atoms with Gasteiger partial charge in [0, 0.05) is 50.3 Å². The second-order valence-electron chi connectivity index (χ2n) is 3.86. The number of rotatable bonds is 5. The van der Waals surface area contributed by atoms with Crippen LogP contribution < -0.4 is 10.2 Å². The molecular formula is C11H19N3O. The van der Waals surface area contributed by atoms with E-state index >= 15 is 0 Å². The molecule has 0 fully saturated rings. The molecule has 0 spiro atoms. The molecule has 1 atom stereocenters. The number of anilines is 1. The van der Waals surface area contributed by atoms with Crippen molar-refractivity contribution in [3.8, 4) is 0 Å². The Bertz CT molecular complexity index is 302. The maximum atomic E-state index is 8.90.